The highest BCUT2D eigenvalue weighted by molar-refractivity contribution is 9.11. The van der Waals surface area contributed by atoms with Crippen molar-refractivity contribution in [1.82, 2.24) is 18.3 Å². The lowest BCUT2D eigenvalue weighted by Crippen LogP contribution is -2.33. The second kappa shape index (κ2) is 11.6. The Bertz CT molecular complexity index is 1810. The molecule has 0 spiro atoms. The number of hydrogen-bond donors (Lipinski definition) is 2. The summed E-state index contributed by atoms with van der Waals surface area (Å²) in [6, 6.07) is 10.6. The van der Waals surface area contributed by atoms with E-state index in [1.165, 1.54) is 46.5 Å². The predicted molar refractivity (Wildman–Crippen MR) is 165 cm³/mol. The molecule has 0 aliphatic rings. The van der Waals surface area contributed by atoms with Gasteiger partial charge in [-0.05, 0) is 80.1 Å². The van der Waals surface area contributed by atoms with Gasteiger partial charge in [0.1, 0.15) is 12.4 Å². The van der Waals surface area contributed by atoms with Gasteiger partial charge in [-0.15, -0.1) is 0 Å². The number of aromatic hydroxyl groups is 2. The fraction of sp³-hybridized carbons (Fsp3) is 0.231. The van der Waals surface area contributed by atoms with Gasteiger partial charge in [0.25, 0.3) is 11.1 Å². The van der Waals surface area contributed by atoms with E-state index in [1.807, 2.05) is 18.2 Å². The third kappa shape index (κ3) is 5.20. The molecule has 14 heteroatoms. The molecule has 2 N–H and O–H groups in total. The molecule has 0 atom stereocenters. The molecule has 0 aliphatic carbocycles. The Hall–Kier alpha value is -2.71. The molecule has 0 radical (unpaired) electrons. The number of rotatable bonds is 6. The fourth-order valence-corrected chi connectivity index (χ4v) is 6.33. The van der Waals surface area contributed by atoms with E-state index < -0.39 is 28.8 Å². The molecular formula is C26H23Br2ClN4O5S2. The maximum Gasteiger partial charge on any atom is 0.262 e. The largest absolute Gasteiger partial charge is 0.494 e. The van der Waals surface area contributed by atoms with Crippen LogP contribution < -0.4 is 15.9 Å². The quantitative estimate of drug-likeness (QED) is 0.250. The van der Waals surface area contributed by atoms with Gasteiger partial charge in [0.15, 0.2) is 9.54 Å². The van der Waals surface area contributed by atoms with Crippen LogP contribution in [0.3, 0.4) is 0 Å². The zero-order chi connectivity index (χ0) is 29.6. The highest BCUT2D eigenvalue weighted by atomic mass is 79.9. The van der Waals surface area contributed by atoms with Crippen LogP contribution in [0.5, 0.6) is 17.5 Å². The van der Waals surface area contributed by atoms with E-state index in [0.717, 1.165) is 5.56 Å². The Balaban J connectivity index is 2.01. The summed E-state index contributed by atoms with van der Waals surface area (Å²) < 4.78 is 12.0. The third-order valence-electron chi connectivity index (χ3n) is 6.60. The van der Waals surface area contributed by atoms with E-state index in [-0.39, 0.29) is 27.3 Å². The van der Waals surface area contributed by atoms with Crippen LogP contribution in [0, 0.1) is 9.54 Å². The van der Waals surface area contributed by atoms with Crippen LogP contribution in [0.1, 0.15) is 28.2 Å². The van der Waals surface area contributed by atoms with Crippen LogP contribution in [0.25, 0.3) is 0 Å². The normalized spacial score (nSPS) is 11.3. The summed E-state index contributed by atoms with van der Waals surface area (Å²) in [5.74, 6) is -1.69. The van der Waals surface area contributed by atoms with Gasteiger partial charge < -0.3 is 14.9 Å². The highest BCUT2D eigenvalue weighted by Gasteiger charge is 2.33. The monoisotopic (exact) mass is 728 g/mol. The van der Waals surface area contributed by atoms with Crippen molar-refractivity contribution in [2.24, 2.45) is 28.2 Å². The summed E-state index contributed by atoms with van der Waals surface area (Å²) in [4.78, 5) is 27.2. The summed E-state index contributed by atoms with van der Waals surface area (Å²) in [6.45, 7) is 0.175. The smallest absolute Gasteiger partial charge is 0.262 e. The average molecular weight is 731 g/mol. The summed E-state index contributed by atoms with van der Waals surface area (Å²) in [5.41, 5.74) is -0.428. The van der Waals surface area contributed by atoms with Gasteiger partial charge in [-0.2, -0.15) is 0 Å². The Kier molecular flexibility index (Phi) is 8.81. The van der Waals surface area contributed by atoms with Gasteiger partial charge >= 0.3 is 0 Å². The van der Waals surface area contributed by atoms with Crippen LogP contribution >= 0.6 is 67.9 Å². The SMILES string of the molecule is Cn1c(O)c(C(c2cc(Br)c(OCc3ccccc3Cl)c(Br)c2)c2c(O)n(C)c(=S)n(C)c2=O)c(=O)n(C)c1=S. The molecule has 4 aromatic rings. The van der Waals surface area contributed by atoms with Crippen LogP contribution in [-0.2, 0) is 34.8 Å². The standard InChI is InChI=1S/C26H23Br2ClN4O5S2/c1-30-21(34)18(22(35)31(2)25(30)39)17(19-23(36)32(3)26(40)33(4)24(19)37)13-9-14(27)20(15(28)10-13)38-11-12-7-5-6-8-16(12)29/h5-10,17,34,36H,11H2,1-4H3. The Morgan fingerprint density at radius 1 is 0.850 bits per heavy atom. The van der Waals surface area contributed by atoms with Crippen molar-refractivity contribution in [3.05, 3.63) is 103 Å². The first-order valence-corrected chi connectivity index (χ1v) is 14.4. The summed E-state index contributed by atoms with van der Waals surface area (Å²) >= 11 is 23.9. The summed E-state index contributed by atoms with van der Waals surface area (Å²) in [6.07, 6.45) is 0. The average Bonchev–Trinajstić information content (AvgIpc) is 2.92. The number of nitrogens with zero attached hydrogens (tertiary/aromatic N) is 4. The molecular weight excluding hydrogens is 708 g/mol. The topological polar surface area (TPSA) is 104 Å². The van der Waals surface area contributed by atoms with Crippen molar-refractivity contribution in [2.75, 3.05) is 0 Å². The van der Waals surface area contributed by atoms with Crippen molar-refractivity contribution >= 4 is 67.9 Å². The lowest BCUT2D eigenvalue weighted by Gasteiger charge is -2.24. The predicted octanol–water partition coefficient (Wildman–Crippen LogP) is 5.57. The number of benzene rings is 2. The molecule has 2 aromatic heterocycles. The first-order chi connectivity index (χ1) is 18.8. The van der Waals surface area contributed by atoms with E-state index in [9.17, 15) is 19.8 Å². The van der Waals surface area contributed by atoms with Gasteiger partial charge in [-0.1, -0.05) is 29.8 Å². The van der Waals surface area contributed by atoms with E-state index in [4.69, 9.17) is 40.8 Å². The zero-order valence-electron chi connectivity index (χ0n) is 21.6. The highest BCUT2D eigenvalue weighted by Crippen LogP contribution is 2.43. The third-order valence-corrected chi connectivity index (χ3v) is 9.24. The van der Waals surface area contributed by atoms with Crippen LogP contribution in [0.2, 0.25) is 5.02 Å². The number of hydrogen-bond acceptors (Lipinski definition) is 7. The van der Waals surface area contributed by atoms with Gasteiger partial charge in [-0.25, -0.2) is 0 Å². The number of halogens is 3. The van der Waals surface area contributed by atoms with E-state index in [0.29, 0.717) is 25.3 Å². The lowest BCUT2D eigenvalue weighted by molar-refractivity contribution is 0.302. The zero-order valence-corrected chi connectivity index (χ0v) is 27.2. The summed E-state index contributed by atoms with van der Waals surface area (Å²) in [7, 11) is 5.93. The number of ether oxygens (including phenoxy) is 1. The Labute approximate surface area is 260 Å². The first kappa shape index (κ1) is 30.3. The van der Waals surface area contributed by atoms with Crippen molar-refractivity contribution in [3.8, 4) is 17.5 Å². The molecule has 0 fully saturated rings. The van der Waals surface area contributed by atoms with Gasteiger partial charge in [0.05, 0.1) is 26.0 Å². The van der Waals surface area contributed by atoms with Crippen LogP contribution in [0.4, 0.5) is 0 Å². The minimum absolute atomic E-state index is 0.0688. The molecule has 0 unspecified atom stereocenters. The van der Waals surface area contributed by atoms with Crippen LogP contribution in [0.15, 0.2) is 54.9 Å². The van der Waals surface area contributed by atoms with Crippen molar-refractivity contribution in [3.63, 3.8) is 0 Å². The molecule has 0 saturated carbocycles. The Morgan fingerprint density at radius 3 is 1.75 bits per heavy atom. The maximum absolute atomic E-state index is 13.6. The molecule has 40 heavy (non-hydrogen) atoms. The first-order valence-electron chi connectivity index (χ1n) is 11.6. The van der Waals surface area contributed by atoms with E-state index in [1.54, 1.807) is 18.2 Å². The summed E-state index contributed by atoms with van der Waals surface area (Å²) in [5, 5.41) is 22.9. The second-order valence-electron chi connectivity index (χ2n) is 9.01. The van der Waals surface area contributed by atoms with Gasteiger partial charge in [-0.3, -0.25) is 27.9 Å². The van der Waals surface area contributed by atoms with Gasteiger partial charge in [0, 0.05) is 38.8 Å². The minimum atomic E-state index is -1.23. The molecule has 9 nitrogen and oxygen atoms in total. The van der Waals surface area contributed by atoms with Gasteiger partial charge in [0.2, 0.25) is 11.8 Å². The molecule has 2 heterocycles. The molecule has 210 valence electrons. The molecule has 2 aromatic carbocycles. The molecule has 0 aliphatic heterocycles. The van der Waals surface area contributed by atoms with Crippen LogP contribution in [-0.4, -0.2) is 28.5 Å². The lowest BCUT2D eigenvalue weighted by atomic mass is 9.86. The second-order valence-corrected chi connectivity index (χ2v) is 11.9. The maximum atomic E-state index is 13.6. The molecule has 0 amide bonds. The molecule has 4 rings (SSSR count). The van der Waals surface area contributed by atoms with Crippen molar-refractivity contribution in [1.29, 1.82) is 0 Å². The molecule has 0 bridgehead atoms. The molecule has 0 saturated heterocycles. The van der Waals surface area contributed by atoms with E-state index >= 15 is 0 Å². The van der Waals surface area contributed by atoms with E-state index in [2.05, 4.69) is 31.9 Å². The number of aromatic nitrogens is 4. The van der Waals surface area contributed by atoms with Crippen molar-refractivity contribution < 1.29 is 14.9 Å². The Morgan fingerprint density at radius 2 is 1.30 bits per heavy atom. The van der Waals surface area contributed by atoms with Crippen molar-refractivity contribution in [2.45, 2.75) is 12.5 Å². The fourth-order valence-electron chi connectivity index (χ4n) is 4.35. The minimum Gasteiger partial charge on any atom is -0.494 e.